The lowest BCUT2D eigenvalue weighted by atomic mass is 9.95. The van der Waals surface area contributed by atoms with Gasteiger partial charge >= 0.3 is 0 Å². The number of furan rings is 1. The molecule has 0 saturated carbocycles. The van der Waals surface area contributed by atoms with Crippen molar-refractivity contribution >= 4 is 46.2 Å². The fraction of sp³-hybridized carbons (Fsp3) is 0.333. The lowest BCUT2D eigenvalue weighted by molar-refractivity contribution is -0.142. The van der Waals surface area contributed by atoms with E-state index >= 15 is 0 Å². The van der Waals surface area contributed by atoms with Crippen LogP contribution in [-0.2, 0) is 9.59 Å². The number of thiocarbonyl (C=S) groups is 1. The summed E-state index contributed by atoms with van der Waals surface area (Å²) in [5.74, 6) is 0.235. The fourth-order valence-corrected chi connectivity index (χ4v) is 5.18. The van der Waals surface area contributed by atoms with Crippen molar-refractivity contribution < 1.29 is 14.0 Å². The first kappa shape index (κ1) is 19.8. The van der Waals surface area contributed by atoms with Gasteiger partial charge in [0.2, 0.25) is 5.91 Å². The van der Waals surface area contributed by atoms with E-state index in [-0.39, 0.29) is 17.9 Å². The highest BCUT2D eigenvalue weighted by molar-refractivity contribution is 8.26. The summed E-state index contributed by atoms with van der Waals surface area (Å²) in [4.78, 5) is 34.3. The van der Waals surface area contributed by atoms with Gasteiger partial charge in [-0.25, -0.2) is 0 Å². The number of rotatable bonds is 4. The summed E-state index contributed by atoms with van der Waals surface area (Å²) in [6.45, 7) is 2.41. The molecule has 0 aliphatic carbocycles. The number of amides is 2. The number of hydrogen-bond donors (Lipinski definition) is 0. The van der Waals surface area contributed by atoms with Gasteiger partial charge in [-0.3, -0.25) is 19.5 Å². The Kier molecular flexibility index (Phi) is 5.82. The van der Waals surface area contributed by atoms with E-state index < -0.39 is 6.04 Å². The molecule has 2 saturated heterocycles. The summed E-state index contributed by atoms with van der Waals surface area (Å²) >= 11 is 6.62. The Morgan fingerprint density at radius 3 is 2.97 bits per heavy atom. The van der Waals surface area contributed by atoms with Gasteiger partial charge in [0.25, 0.3) is 5.91 Å². The molecule has 2 aliphatic heterocycles. The summed E-state index contributed by atoms with van der Waals surface area (Å²) in [5.41, 5.74) is 1.02. The first-order chi connectivity index (χ1) is 14.1. The summed E-state index contributed by atoms with van der Waals surface area (Å²) in [6.07, 6.45) is 9.65. The minimum Gasteiger partial charge on any atom is -0.465 e. The molecule has 2 fully saturated rings. The maximum atomic E-state index is 13.4. The third kappa shape index (κ3) is 4.00. The second kappa shape index (κ2) is 8.51. The summed E-state index contributed by atoms with van der Waals surface area (Å²) < 4.78 is 5.69. The molecule has 8 heteroatoms. The van der Waals surface area contributed by atoms with Crippen molar-refractivity contribution in [1.29, 1.82) is 0 Å². The van der Waals surface area contributed by atoms with E-state index in [2.05, 4.69) is 4.98 Å². The lowest BCUT2D eigenvalue weighted by Crippen LogP contribution is -2.51. The zero-order chi connectivity index (χ0) is 20.4. The Labute approximate surface area is 179 Å². The topological polar surface area (TPSA) is 66.7 Å². The third-order valence-electron chi connectivity index (χ3n) is 5.24. The van der Waals surface area contributed by atoms with Crippen LogP contribution in [0, 0.1) is 0 Å². The molecule has 2 unspecified atom stereocenters. The van der Waals surface area contributed by atoms with Crippen LogP contribution in [0.2, 0.25) is 0 Å². The number of thioether (sulfide) groups is 1. The number of carbonyl (C=O) groups excluding carboxylic acids is 2. The zero-order valence-corrected chi connectivity index (χ0v) is 17.6. The number of pyridine rings is 1. The highest BCUT2D eigenvalue weighted by Gasteiger charge is 2.41. The van der Waals surface area contributed by atoms with E-state index in [0.717, 1.165) is 24.8 Å². The van der Waals surface area contributed by atoms with Crippen LogP contribution >= 0.6 is 24.0 Å². The van der Waals surface area contributed by atoms with Crippen LogP contribution in [-0.4, -0.2) is 43.5 Å². The largest absolute Gasteiger partial charge is 0.465 e. The van der Waals surface area contributed by atoms with E-state index in [1.165, 1.54) is 16.7 Å². The van der Waals surface area contributed by atoms with Gasteiger partial charge in [-0.15, -0.1) is 0 Å². The molecular formula is C21H21N3O3S2. The van der Waals surface area contributed by atoms with E-state index in [0.29, 0.717) is 21.5 Å². The number of hydrogen-bond acceptors (Lipinski definition) is 6. The SMILES string of the molecule is CC(C(=O)N1CCCCC1c1cccnc1)N1C(=O)/C(=C\c2ccco2)SC1=S. The smallest absolute Gasteiger partial charge is 0.267 e. The highest BCUT2D eigenvalue weighted by atomic mass is 32.2. The Morgan fingerprint density at radius 2 is 2.24 bits per heavy atom. The van der Waals surface area contributed by atoms with Gasteiger partial charge in [-0.05, 0) is 49.9 Å². The maximum absolute atomic E-state index is 13.4. The molecule has 2 atom stereocenters. The quantitative estimate of drug-likeness (QED) is 0.542. The van der Waals surface area contributed by atoms with Crippen LogP contribution in [0.25, 0.3) is 6.08 Å². The molecule has 4 rings (SSSR count). The van der Waals surface area contributed by atoms with Crippen LogP contribution in [0.3, 0.4) is 0 Å². The first-order valence-electron chi connectivity index (χ1n) is 9.57. The van der Waals surface area contributed by atoms with Crippen molar-refractivity contribution in [2.24, 2.45) is 0 Å². The minimum atomic E-state index is -0.665. The van der Waals surface area contributed by atoms with Gasteiger partial charge in [0.05, 0.1) is 17.2 Å². The van der Waals surface area contributed by atoms with Crippen molar-refractivity contribution in [3.63, 3.8) is 0 Å². The van der Waals surface area contributed by atoms with Crippen molar-refractivity contribution in [2.75, 3.05) is 6.54 Å². The number of nitrogens with zero attached hydrogens (tertiary/aromatic N) is 3. The summed E-state index contributed by atoms with van der Waals surface area (Å²) in [5, 5.41) is 0. The Hall–Kier alpha value is -2.45. The monoisotopic (exact) mass is 427 g/mol. The molecule has 0 N–H and O–H groups in total. The number of aromatic nitrogens is 1. The normalized spacial score (nSPS) is 22.4. The molecule has 6 nitrogen and oxygen atoms in total. The van der Waals surface area contributed by atoms with Crippen LogP contribution in [0.15, 0.2) is 52.2 Å². The summed E-state index contributed by atoms with van der Waals surface area (Å²) in [7, 11) is 0. The van der Waals surface area contributed by atoms with Crippen LogP contribution in [0.4, 0.5) is 0 Å². The van der Waals surface area contributed by atoms with Crippen LogP contribution in [0.1, 0.15) is 43.6 Å². The maximum Gasteiger partial charge on any atom is 0.267 e. The minimum absolute atomic E-state index is 0.0236. The van der Waals surface area contributed by atoms with Gasteiger partial charge in [0.15, 0.2) is 0 Å². The van der Waals surface area contributed by atoms with Crippen molar-refractivity contribution in [3.8, 4) is 0 Å². The van der Waals surface area contributed by atoms with E-state index in [4.69, 9.17) is 16.6 Å². The van der Waals surface area contributed by atoms with Crippen molar-refractivity contribution in [1.82, 2.24) is 14.8 Å². The average molecular weight is 428 g/mol. The predicted octanol–water partition coefficient (Wildman–Crippen LogP) is 4.02. The van der Waals surface area contributed by atoms with E-state index in [1.54, 1.807) is 37.6 Å². The molecule has 150 valence electrons. The molecule has 2 aromatic heterocycles. The van der Waals surface area contributed by atoms with Gasteiger partial charge in [-0.1, -0.05) is 30.0 Å². The van der Waals surface area contributed by atoms with Crippen LogP contribution < -0.4 is 0 Å². The molecule has 2 amide bonds. The molecule has 29 heavy (non-hydrogen) atoms. The molecule has 0 radical (unpaired) electrons. The van der Waals surface area contributed by atoms with E-state index in [9.17, 15) is 9.59 Å². The molecule has 4 heterocycles. The zero-order valence-electron chi connectivity index (χ0n) is 16.0. The standard InChI is InChI=1S/C21H21N3O3S2/c1-14(24-20(26)18(29-21(24)28)12-16-7-5-11-27-16)19(25)23-10-3-2-8-17(23)15-6-4-9-22-13-15/h4-7,9,11-14,17H,2-3,8,10H2,1H3/b18-12+. The van der Waals surface area contributed by atoms with Gasteiger partial charge < -0.3 is 9.32 Å². The number of carbonyl (C=O) groups is 2. The highest BCUT2D eigenvalue weighted by Crippen LogP contribution is 2.36. The molecule has 0 bridgehead atoms. The molecule has 2 aliphatic rings. The Morgan fingerprint density at radius 1 is 1.38 bits per heavy atom. The van der Waals surface area contributed by atoms with Gasteiger partial charge in [0.1, 0.15) is 16.1 Å². The van der Waals surface area contributed by atoms with E-state index in [1.807, 2.05) is 23.2 Å². The Balaban J connectivity index is 1.55. The van der Waals surface area contributed by atoms with Gasteiger partial charge in [-0.2, -0.15) is 0 Å². The number of piperidine rings is 1. The molecule has 0 spiro atoms. The second-order valence-corrected chi connectivity index (χ2v) is 8.75. The van der Waals surface area contributed by atoms with Crippen molar-refractivity contribution in [2.45, 2.75) is 38.3 Å². The molecular weight excluding hydrogens is 406 g/mol. The van der Waals surface area contributed by atoms with Crippen LogP contribution in [0.5, 0.6) is 0 Å². The Bertz CT molecular complexity index is 943. The first-order valence-corrected chi connectivity index (χ1v) is 10.8. The lowest BCUT2D eigenvalue weighted by Gasteiger charge is -2.38. The molecule has 0 aromatic carbocycles. The fourth-order valence-electron chi connectivity index (χ4n) is 3.78. The van der Waals surface area contributed by atoms with Crippen molar-refractivity contribution in [3.05, 3.63) is 59.2 Å². The third-order valence-corrected chi connectivity index (χ3v) is 6.57. The average Bonchev–Trinajstić information content (AvgIpc) is 3.35. The predicted molar refractivity (Wildman–Crippen MR) is 116 cm³/mol. The second-order valence-electron chi connectivity index (χ2n) is 7.07. The number of likely N-dealkylation sites (tertiary alicyclic amines) is 1. The summed E-state index contributed by atoms with van der Waals surface area (Å²) in [6, 6.07) is 6.73. The van der Waals surface area contributed by atoms with Gasteiger partial charge in [0, 0.05) is 25.0 Å². The molecule has 2 aromatic rings.